The fourth-order valence-corrected chi connectivity index (χ4v) is 3.10. The van der Waals surface area contributed by atoms with Gasteiger partial charge in [-0.25, -0.2) is 9.59 Å². The average molecular weight is 360 g/mol. The molecule has 1 aromatic heterocycles. The minimum absolute atomic E-state index is 0.209. The van der Waals surface area contributed by atoms with Crippen LogP contribution in [0.5, 0.6) is 5.75 Å². The lowest BCUT2D eigenvalue weighted by Gasteiger charge is -2.37. The van der Waals surface area contributed by atoms with Gasteiger partial charge in [0.2, 0.25) is 12.4 Å². The molecule has 3 heterocycles. The molecule has 1 aromatic carbocycles. The van der Waals surface area contributed by atoms with E-state index in [1.807, 2.05) is 0 Å². The van der Waals surface area contributed by atoms with E-state index in [0.717, 1.165) is 0 Å². The molecule has 1 saturated heterocycles. The molecule has 2 atom stereocenters. The maximum Gasteiger partial charge on any atom is 0.514 e. The van der Waals surface area contributed by atoms with Crippen molar-refractivity contribution in [3.05, 3.63) is 52.3 Å². The van der Waals surface area contributed by atoms with Crippen LogP contribution in [0.3, 0.4) is 0 Å². The van der Waals surface area contributed by atoms with Crippen molar-refractivity contribution in [2.45, 2.75) is 31.8 Å². The third-order valence-corrected chi connectivity index (χ3v) is 4.16. The van der Waals surface area contributed by atoms with E-state index in [9.17, 15) is 9.59 Å². The van der Waals surface area contributed by atoms with Crippen molar-refractivity contribution in [3.8, 4) is 5.75 Å². The smallest absolute Gasteiger partial charge is 0.494 e. The summed E-state index contributed by atoms with van der Waals surface area (Å²) in [6, 6.07) is 8.12. The van der Waals surface area contributed by atoms with Crippen LogP contribution in [-0.4, -0.2) is 31.3 Å². The number of carbonyl (C=O) groups is 1. The number of ether oxygens (including phenoxy) is 5. The molecule has 26 heavy (non-hydrogen) atoms. The number of hydrogen-bond donors (Lipinski definition) is 0. The third kappa shape index (κ3) is 2.59. The Morgan fingerprint density at radius 2 is 1.92 bits per heavy atom. The second kappa shape index (κ2) is 5.77. The van der Waals surface area contributed by atoms with E-state index in [0.29, 0.717) is 11.1 Å². The number of methoxy groups -OCH3 is 1. The van der Waals surface area contributed by atoms with Crippen molar-refractivity contribution in [3.63, 3.8) is 0 Å². The molecule has 2 aromatic rings. The van der Waals surface area contributed by atoms with Crippen LogP contribution in [0.25, 0.3) is 11.0 Å². The highest BCUT2D eigenvalue weighted by atomic mass is 16.8. The van der Waals surface area contributed by atoms with Gasteiger partial charge in [0.15, 0.2) is 22.9 Å². The fourth-order valence-electron chi connectivity index (χ4n) is 3.10. The Morgan fingerprint density at radius 3 is 2.69 bits per heavy atom. The van der Waals surface area contributed by atoms with Gasteiger partial charge in [-0.2, -0.15) is 0 Å². The minimum Gasteiger partial charge on any atom is -0.494 e. The van der Waals surface area contributed by atoms with Crippen molar-refractivity contribution in [1.82, 2.24) is 0 Å². The van der Waals surface area contributed by atoms with Gasteiger partial charge in [-0.3, -0.25) is 0 Å². The molecule has 0 N–H and O–H groups in total. The van der Waals surface area contributed by atoms with Crippen molar-refractivity contribution in [1.29, 1.82) is 0 Å². The van der Waals surface area contributed by atoms with Crippen molar-refractivity contribution in [2.24, 2.45) is 0 Å². The highest BCUT2D eigenvalue weighted by Gasteiger charge is 2.52. The summed E-state index contributed by atoms with van der Waals surface area (Å²) >= 11 is 0. The summed E-state index contributed by atoms with van der Waals surface area (Å²) in [5, 5.41) is 0.685. The van der Waals surface area contributed by atoms with Crippen molar-refractivity contribution < 1.29 is 32.9 Å². The first-order chi connectivity index (χ1) is 12.4. The van der Waals surface area contributed by atoms with Gasteiger partial charge in [0.25, 0.3) is 0 Å². The molecule has 136 valence electrons. The summed E-state index contributed by atoms with van der Waals surface area (Å²) in [6.45, 7) is 3.50. The van der Waals surface area contributed by atoms with E-state index < -0.39 is 29.8 Å². The van der Waals surface area contributed by atoms with E-state index in [-0.39, 0.29) is 17.1 Å². The van der Waals surface area contributed by atoms with E-state index in [1.54, 1.807) is 38.1 Å². The van der Waals surface area contributed by atoms with Crippen molar-refractivity contribution in [2.75, 3.05) is 7.11 Å². The molecule has 0 amide bonds. The number of carbonyl (C=O) groups excluding carboxylic acids is 1. The summed E-state index contributed by atoms with van der Waals surface area (Å²) in [5.74, 6) is 0.835. The zero-order valence-corrected chi connectivity index (χ0v) is 14.3. The summed E-state index contributed by atoms with van der Waals surface area (Å²) in [6.07, 6.45) is -2.81. The highest BCUT2D eigenvalue weighted by Crippen LogP contribution is 2.40. The van der Waals surface area contributed by atoms with E-state index in [4.69, 9.17) is 28.1 Å². The maximum absolute atomic E-state index is 11.6. The zero-order valence-electron chi connectivity index (χ0n) is 14.3. The molecular weight excluding hydrogens is 344 g/mol. The SMILES string of the molecule is COC1=C2OC(=O)OC2C(Oc2cccc3ccc(=O)oc23)OC1(C)C. The van der Waals surface area contributed by atoms with Crippen LogP contribution in [0.2, 0.25) is 0 Å². The number of fused-ring (bicyclic) bond motifs is 2. The summed E-state index contributed by atoms with van der Waals surface area (Å²) in [7, 11) is 1.46. The van der Waals surface area contributed by atoms with Gasteiger partial charge in [0, 0.05) is 11.5 Å². The van der Waals surface area contributed by atoms with Crippen LogP contribution in [0.1, 0.15) is 13.8 Å². The van der Waals surface area contributed by atoms with Gasteiger partial charge in [0.1, 0.15) is 5.60 Å². The third-order valence-electron chi connectivity index (χ3n) is 4.16. The summed E-state index contributed by atoms with van der Waals surface area (Å²) in [5.41, 5.74) is -1.16. The van der Waals surface area contributed by atoms with Crippen LogP contribution in [-0.2, 0) is 18.9 Å². The normalized spacial score (nSPS) is 24.0. The average Bonchev–Trinajstić information content (AvgIpc) is 2.96. The fraction of sp³-hybridized carbons (Fsp3) is 0.333. The Morgan fingerprint density at radius 1 is 1.12 bits per heavy atom. The molecule has 0 spiro atoms. The Balaban J connectivity index is 1.76. The molecule has 0 bridgehead atoms. The second-order valence-corrected chi connectivity index (χ2v) is 6.33. The van der Waals surface area contributed by atoms with Gasteiger partial charge in [-0.15, -0.1) is 0 Å². The molecule has 0 aliphatic carbocycles. The van der Waals surface area contributed by atoms with Crippen molar-refractivity contribution >= 4 is 17.1 Å². The zero-order chi connectivity index (χ0) is 18.5. The Kier molecular flexibility index (Phi) is 3.66. The quantitative estimate of drug-likeness (QED) is 0.609. The lowest BCUT2D eigenvalue weighted by atomic mass is 10.00. The molecule has 2 aliphatic heterocycles. The van der Waals surface area contributed by atoms with Gasteiger partial charge in [-0.05, 0) is 26.0 Å². The monoisotopic (exact) mass is 360 g/mol. The lowest BCUT2D eigenvalue weighted by Crippen LogP contribution is -2.48. The largest absolute Gasteiger partial charge is 0.514 e. The molecule has 2 aliphatic rings. The van der Waals surface area contributed by atoms with Crippen LogP contribution in [0, 0.1) is 0 Å². The standard InChI is InChI=1S/C18H16O8/c1-18(2)15(21-3)13-14(25-17(20)24-13)16(26-18)22-10-6-4-5-9-7-8-11(19)23-12(9)10/h4-8,14,16H,1-3H3. The molecule has 1 fully saturated rings. The molecule has 4 rings (SSSR count). The first-order valence-corrected chi connectivity index (χ1v) is 7.93. The van der Waals surface area contributed by atoms with Crippen LogP contribution in [0.15, 0.2) is 51.1 Å². The second-order valence-electron chi connectivity index (χ2n) is 6.33. The molecule has 8 heteroatoms. The highest BCUT2D eigenvalue weighted by molar-refractivity contribution is 5.82. The van der Waals surface area contributed by atoms with E-state index in [1.165, 1.54) is 13.2 Å². The number of rotatable bonds is 3. The van der Waals surface area contributed by atoms with E-state index in [2.05, 4.69) is 0 Å². The van der Waals surface area contributed by atoms with Crippen LogP contribution >= 0.6 is 0 Å². The topological polar surface area (TPSA) is 93.4 Å². The van der Waals surface area contributed by atoms with Gasteiger partial charge < -0.3 is 28.1 Å². The van der Waals surface area contributed by atoms with Crippen LogP contribution < -0.4 is 10.4 Å². The molecule has 2 unspecified atom stereocenters. The molecule has 8 nitrogen and oxygen atoms in total. The minimum atomic E-state index is -1.01. The maximum atomic E-state index is 11.6. The van der Waals surface area contributed by atoms with E-state index >= 15 is 0 Å². The molecule has 0 radical (unpaired) electrons. The first-order valence-electron chi connectivity index (χ1n) is 7.93. The summed E-state index contributed by atoms with van der Waals surface area (Å²) in [4.78, 5) is 23.2. The van der Waals surface area contributed by atoms with Crippen LogP contribution in [0.4, 0.5) is 4.79 Å². The number of para-hydroxylation sites is 1. The molecule has 0 saturated carbocycles. The Bertz CT molecular complexity index is 971. The summed E-state index contributed by atoms with van der Waals surface area (Å²) < 4.78 is 32.7. The van der Waals surface area contributed by atoms with Gasteiger partial charge >= 0.3 is 11.8 Å². The Hall–Kier alpha value is -3.00. The molecular formula is C18H16O8. The first kappa shape index (κ1) is 16.5. The lowest BCUT2D eigenvalue weighted by molar-refractivity contribution is -0.202. The van der Waals surface area contributed by atoms with Gasteiger partial charge in [-0.1, -0.05) is 12.1 Å². The predicted octanol–water partition coefficient (Wildman–Crippen LogP) is 2.70. The number of hydrogen-bond acceptors (Lipinski definition) is 8. The van der Waals surface area contributed by atoms with Gasteiger partial charge in [0.05, 0.1) is 7.11 Å². The Labute approximate surface area is 147 Å². The number of benzene rings is 1. The predicted molar refractivity (Wildman–Crippen MR) is 87.5 cm³/mol.